The van der Waals surface area contributed by atoms with E-state index in [1.54, 1.807) is 34.5 Å². The number of hydrogen-bond donors (Lipinski definition) is 2. The zero-order valence-corrected chi connectivity index (χ0v) is 17.4. The van der Waals surface area contributed by atoms with Gasteiger partial charge < -0.3 is 20.2 Å². The number of urea groups is 1. The number of anilines is 1. The number of fused-ring (bicyclic) bond motifs is 3. The Hall–Kier alpha value is -2.94. The number of hydrogen-bond acceptors (Lipinski definition) is 4. The summed E-state index contributed by atoms with van der Waals surface area (Å²) in [5, 5.41) is 17.1. The minimum absolute atomic E-state index is 0.0242. The molecular formula is C21H26FN5O3. The van der Waals surface area contributed by atoms with Gasteiger partial charge in [-0.1, -0.05) is 0 Å². The SMILES string of the molecule is Cc1cc(NC(=O)N2Cc3c(nn4c3C(=O)N(C)CC(CO)C4)CC2C)ccc1F. The van der Waals surface area contributed by atoms with E-state index in [1.807, 2.05) is 6.92 Å². The van der Waals surface area contributed by atoms with E-state index in [0.29, 0.717) is 36.5 Å². The fourth-order valence-corrected chi connectivity index (χ4v) is 4.22. The Morgan fingerprint density at radius 1 is 1.37 bits per heavy atom. The predicted molar refractivity (Wildman–Crippen MR) is 109 cm³/mol. The van der Waals surface area contributed by atoms with E-state index in [9.17, 15) is 19.1 Å². The van der Waals surface area contributed by atoms with Crippen molar-refractivity contribution in [3.63, 3.8) is 0 Å². The smallest absolute Gasteiger partial charge is 0.322 e. The van der Waals surface area contributed by atoms with Crippen LogP contribution in [0.15, 0.2) is 18.2 Å². The number of rotatable bonds is 2. The van der Waals surface area contributed by atoms with E-state index in [0.717, 1.165) is 11.3 Å². The normalized spacial score (nSPS) is 21.2. The third-order valence-corrected chi connectivity index (χ3v) is 5.92. The minimum atomic E-state index is -0.324. The molecule has 0 radical (unpaired) electrons. The van der Waals surface area contributed by atoms with E-state index >= 15 is 0 Å². The number of nitrogens with zero attached hydrogens (tertiary/aromatic N) is 4. The van der Waals surface area contributed by atoms with Gasteiger partial charge in [0.05, 0.1) is 12.2 Å². The van der Waals surface area contributed by atoms with E-state index in [2.05, 4.69) is 10.4 Å². The van der Waals surface area contributed by atoms with Gasteiger partial charge in [-0.3, -0.25) is 9.48 Å². The largest absolute Gasteiger partial charge is 0.396 e. The first-order chi connectivity index (χ1) is 14.3. The summed E-state index contributed by atoms with van der Waals surface area (Å²) in [5.74, 6) is -0.556. The predicted octanol–water partition coefficient (Wildman–Crippen LogP) is 2.00. The first-order valence-corrected chi connectivity index (χ1v) is 10.1. The number of aryl methyl sites for hydroxylation is 1. The molecule has 2 atom stereocenters. The lowest BCUT2D eigenvalue weighted by molar-refractivity contribution is 0.0761. The summed E-state index contributed by atoms with van der Waals surface area (Å²) in [7, 11) is 1.72. The van der Waals surface area contributed by atoms with Crippen molar-refractivity contribution in [2.75, 3.05) is 25.5 Å². The number of halogens is 1. The Morgan fingerprint density at radius 3 is 2.83 bits per heavy atom. The maximum atomic E-state index is 13.5. The lowest BCUT2D eigenvalue weighted by Gasteiger charge is -2.33. The van der Waals surface area contributed by atoms with Crippen LogP contribution < -0.4 is 5.32 Å². The van der Waals surface area contributed by atoms with E-state index < -0.39 is 0 Å². The van der Waals surface area contributed by atoms with Crippen molar-refractivity contribution < 1.29 is 19.1 Å². The quantitative estimate of drug-likeness (QED) is 0.785. The maximum absolute atomic E-state index is 13.5. The molecule has 0 fully saturated rings. The second-order valence-corrected chi connectivity index (χ2v) is 8.27. The van der Waals surface area contributed by atoms with E-state index in [4.69, 9.17) is 0 Å². The van der Waals surface area contributed by atoms with Crippen LogP contribution in [0.2, 0.25) is 0 Å². The summed E-state index contributed by atoms with van der Waals surface area (Å²) in [6.07, 6.45) is 0.534. The molecule has 0 saturated carbocycles. The number of aliphatic hydroxyl groups excluding tert-OH is 1. The van der Waals surface area contributed by atoms with Crippen molar-refractivity contribution >= 4 is 17.6 Å². The molecule has 0 bridgehead atoms. The van der Waals surface area contributed by atoms with Crippen LogP contribution in [-0.4, -0.2) is 62.9 Å². The van der Waals surface area contributed by atoms with Gasteiger partial charge in [-0.2, -0.15) is 5.10 Å². The summed E-state index contributed by atoms with van der Waals surface area (Å²) < 4.78 is 15.2. The highest BCUT2D eigenvalue weighted by molar-refractivity contribution is 5.95. The molecule has 2 aliphatic heterocycles. The first-order valence-electron chi connectivity index (χ1n) is 10.1. The van der Waals surface area contributed by atoms with Crippen LogP contribution in [-0.2, 0) is 19.5 Å². The number of aliphatic hydroxyl groups is 1. The van der Waals surface area contributed by atoms with Crippen molar-refractivity contribution in [2.24, 2.45) is 5.92 Å². The van der Waals surface area contributed by atoms with Crippen molar-refractivity contribution in [2.45, 2.75) is 39.4 Å². The molecule has 160 valence electrons. The Bertz CT molecular complexity index is 1000. The molecule has 3 amide bonds. The van der Waals surface area contributed by atoms with Crippen LogP contribution in [0.1, 0.15) is 34.2 Å². The lowest BCUT2D eigenvalue weighted by Crippen LogP contribution is -2.45. The molecule has 3 heterocycles. The van der Waals surface area contributed by atoms with Gasteiger partial charge >= 0.3 is 6.03 Å². The highest BCUT2D eigenvalue weighted by Gasteiger charge is 2.36. The third kappa shape index (κ3) is 3.54. The fraction of sp³-hybridized carbons (Fsp3) is 0.476. The molecular weight excluding hydrogens is 389 g/mol. The Balaban J connectivity index is 1.61. The molecule has 0 spiro atoms. The molecule has 9 heteroatoms. The molecule has 1 aromatic heterocycles. The monoisotopic (exact) mass is 415 g/mol. The average Bonchev–Trinajstić information content (AvgIpc) is 2.99. The van der Waals surface area contributed by atoms with E-state index in [-0.39, 0.29) is 42.9 Å². The van der Waals surface area contributed by atoms with Crippen LogP contribution >= 0.6 is 0 Å². The number of aromatic nitrogens is 2. The Morgan fingerprint density at radius 2 is 2.13 bits per heavy atom. The van der Waals surface area contributed by atoms with Crippen molar-refractivity contribution in [3.05, 3.63) is 46.5 Å². The summed E-state index contributed by atoms with van der Waals surface area (Å²) in [6, 6.07) is 4.03. The molecule has 2 aliphatic rings. The van der Waals surface area contributed by atoms with Crippen LogP contribution in [0.3, 0.4) is 0 Å². The molecule has 2 aromatic rings. The van der Waals surface area contributed by atoms with Crippen molar-refractivity contribution in [3.8, 4) is 0 Å². The van der Waals surface area contributed by atoms with Crippen LogP contribution in [0.4, 0.5) is 14.9 Å². The van der Waals surface area contributed by atoms with E-state index in [1.165, 1.54) is 12.1 Å². The molecule has 8 nitrogen and oxygen atoms in total. The second kappa shape index (κ2) is 7.71. The fourth-order valence-electron chi connectivity index (χ4n) is 4.22. The highest BCUT2D eigenvalue weighted by Crippen LogP contribution is 2.29. The maximum Gasteiger partial charge on any atom is 0.322 e. The van der Waals surface area contributed by atoms with Crippen LogP contribution in [0, 0.1) is 18.7 Å². The molecule has 2 unspecified atom stereocenters. The zero-order chi connectivity index (χ0) is 21.6. The summed E-state index contributed by atoms with van der Waals surface area (Å²) >= 11 is 0. The molecule has 30 heavy (non-hydrogen) atoms. The topological polar surface area (TPSA) is 90.7 Å². The van der Waals surface area contributed by atoms with Gasteiger partial charge in [0, 0.05) is 56.4 Å². The Labute approximate surface area is 174 Å². The summed E-state index contributed by atoms with van der Waals surface area (Å²) in [4.78, 5) is 29.2. The summed E-state index contributed by atoms with van der Waals surface area (Å²) in [6.45, 7) is 4.74. The second-order valence-electron chi connectivity index (χ2n) is 8.27. The van der Waals surface area contributed by atoms with Gasteiger partial charge in [0.2, 0.25) is 0 Å². The molecule has 2 N–H and O–H groups in total. The standard InChI is InChI=1S/C21H26FN5O3/c1-12-6-15(4-5-17(12)22)23-21(30)26-10-16-18(7-13(26)2)24-27-9-14(11-28)8-25(3)20(29)19(16)27/h4-6,13-14,28H,7-11H2,1-3H3,(H,23,30). The number of carbonyl (C=O) groups excluding carboxylic acids is 2. The van der Waals surface area contributed by atoms with Crippen molar-refractivity contribution in [1.82, 2.24) is 19.6 Å². The van der Waals surface area contributed by atoms with Gasteiger partial charge in [-0.25, -0.2) is 9.18 Å². The summed E-state index contributed by atoms with van der Waals surface area (Å²) in [5.41, 5.74) is 3.04. The van der Waals surface area contributed by atoms with Gasteiger partial charge in [0.1, 0.15) is 11.5 Å². The minimum Gasteiger partial charge on any atom is -0.396 e. The first kappa shape index (κ1) is 20.3. The number of nitrogens with one attached hydrogen (secondary N) is 1. The lowest BCUT2D eigenvalue weighted by atomic mass is 9.99. The zero-order valence-electron chi connectivity index (χ0n) is 17.4. The van der Waals surface area contributed by atoms with Gasteiger partial charge in [0.15, 0.2) is 0 Å². The van der Waals surface area contributed by atoms with Gasteiger partial charge in [-0.15, -0.1) is 0 Å². The molecule has 0 saturated heterocycles. The van der Waals surface area contributed by atoms with Crippen LogP contribution in [0.5, 0.6) is 0 Å². The molecule has 0 aliphatic carbocycles. The number of amides is 3. The average molecular weight is 415 g/mol. The number of carbonyl (C=O) groups is 2. The van der Waals surface area contributed by atoms with Crippen molar-refractivity contribution in [1.29, 1.82) is 0 Å². The van der Waals surface area contributed by atoms with Gasteiger partial charge in [0.25, 0.3) is 5.91 Å². The molecule has 1 aromatic carbocycles. The number of benzene rings is 1. The Kier molecular flexibility index (Phi) is 5.23. The third-order valence-electron chi connectivity index (χ3n) is 5.92. The molecule has 4 rings (SSSR count). The highest BCUT2D eigenvalue weighted by atomic mass is 19.1. The van der Waals surface area contributed by atoms with Gasteiger partial charge in [-0.05, 0) is 37.6 Å². The van der Waals surface area contributed by atoms with Crippen LogP contribution in [0.25, 0.3) is 0 Å².